The molecule has 22 heavy (non-hydrogen) atoms. The number of hydrogen-bond acceptors (Lipinski definition) is 3. The Hall–Kier alpha value is -2.12. The first-order chi connectivity index (χ1) is 10.1. The molecular formula is C14H15F3N2O3. The molecule has 0 aromatic carbocycles. The molecule has 5 nitrogen and oxygen atoms in total. The minimum atomic E-state index is -4.69. The second-order valence-corrected chi connectivity index (χ2v) is 5.59. The summed E-state index contributed by atoms with van der Waals surface area (Å²) < 4.78 is 38.9. The van der Waals surface area contributed by atoms with Gasteiger partial charge in [-0.1, -0.05) is 0 Å². The maximum Gasteiger partial charge on any atom is 0.418 e. The van der Waals surface area contributed by atoms with Gasteiger partial charge in [0.2, 0.25) is 0 Å². The number of carboxylic acid groups (broad SMARTS) is 1. The van der Waals surface area contributed by atoms with Gasteiger partial charge in [-0.2, -0.15) is 13.2 Å². The number of carboxylic acids is 1. The minimum absolute atomic E-state index is 0.130. The predicted molar refractivity (Wildman–Crippen MR) is 70.1 cm³/mol. The van der Waals surface area contributed by atoms with Gasteiger partial charge in [0.05, 0.1) is 11.0 Å². The number of nitrogens with zero attached hydrogens (tertiary/aromatic N) is 2. The van der Waals surface area contributed by atoms with Gasteiger partial charge in [-0.05, 0) is 31.9 Å². The summed E-state index contributed by atoms with van der Waals surface area (Å²) in [5, 5.41) is 9.22. The third kappa shape index (κ3) is 3.05. The first-order valence-corrected chi connectivity index (χ1v) is 6.70. The van der Waals surface area contributed by atoms with Gasteiger partial charge in [0.25, 0.3) is 5.91 Å². The number of aliphatic carboxylic acids is 1. The first kappa shape index (κ1) is 16.3. The fraction of sp³-hybridized carbons (Fsp3) is 0.500. The molecule has 1 atom stereocenters. The second-order valence-electron chi connectivity index (χ2n) is 5.59. The van der Waals surface area contributed by atoms with Crippen LogP contribution in [0, 0.1) is 5.41 Å². The van der Waals surface area contributed by atoms with E-state index in [1.54, 1.807) is 0 Å². The van der Waals surface area contributed by atoms with Crippen molar-refractivity contribution in [1.29, 1.82) is 0 Å². The Morgan fingerprint density at radius 1 is 1.41 bits per heavy atom. The lowest BCUT2D eigenvalue weighted by Gasteiger charge is -2.37. The topological polar surface area (TPSA) is 70.5 Å². The van der Waals surface area contributed by atoms with Gasteiger partial charge in [-0.15, -0.1) is 0 Å². The van der Waals surface area contributed by atoms with Crippen LogP contribution in [0.3, 0.4) is 0 Å². The number of alkyl halides is 3. The highest BCUT2D eigenvalue weighted by molar-refractivity contribution is 5.94. The number of likely N-dealkylation sites (tertiary alicyclic amines) is 1. The summed E-state index contributed by atoms with van der Waals surface area (Å²) in [5.74, 6) is -1.96. The van der Waals surface area contributed by atoms with Crippen molar-refractivity contribution >= 4 is 11.9 Å². The third-order valence-electron chi connectivity index (χ3n) is 3.82. The van der Waals surface area contributed by atoms with E-state index in [-0.39, 0.29) is 13.1 Å². The molecule has 1 aromatic heterocycles. The van der Waals surface area contributed by atoms with Crippen molar-refractivity contribution in [3.63, 3.8) is 0 Å². The van der Waals surface area contributed by atoms with Crippen molar-refractivity contribution in [3.05, 3.63) is 29.6 Å². The summed E-state index contributed by atoms with van der Waals surface area (Å²) in [6, 6.07) is 1.90. The molecule has 1 aromatic rings. The molecular weight excluding hydrogens is 301 g/mol. The van der Waals surface area contributed by atoms with Crippen LogP contribution in [-0.2, 0) is 11.0 Å². The van der Waals surface area contributed by atoms with Crippen molar-refractivity contribution in [1.82, 2.24) is 9.88 Å². The molecule has 1 aliphatic heterocycles. The molecule has 1 saturated heterocycles. The van der Waals surface area contributed by atoms with Gasteiger partial charge in [0.1, 0.15) is 5.69 Å². The Morgan fingerprint density at radius 2 is 2.09 bits per heavy atom. The normalized spacial score (nSPS) is 22.5. The number of aromatic nitrogens is 1. The lowest BCUT2D eigenvalue weighted by atomic mass is 9.82. The Bertz CT molecular complexity index is 603. The summed E-state index contributed by atoms with van der Waals surface area (Å²) in [6.07, 6.45) is -2.78. The van der Waals surface area contributed by atoms with E-state index < -0.39 is 34.7 Å². The van der Waals surface area contributed by atoms with E-state index in [0.29, 0.717) is 12.8 Å². The quantitative estimate of drug-likeness (QED) is 0.909. The van der Waals surface area contributed by atoms with E-state index in [1.165, 1.54) is 6.92 Å². The standard InChI is InChI=1S/C14H15F3N2O3/c1-13(12(21)22)5-3-7-19(8-13)11(20)10-9(14(15,16)17)4-2-6-18-10/h2,4,6H,3,5,7-8H2,1H3,(H,21,22). The highest BCUT2D eigenvalue weighted by Crippen LogP contribution is 2.34. The third-order valence-corrected chi connectivity index (χ3v) is 3.82. The average Bonchev–Trinajstić information content (AvgIpc) is 2.45. The van der Waals surface area contributed by atoms with Crippen LogP contribution in [0.15, 0.2) is 18.3 Å². The first-order valence-electron chi connectivity index (χ1n) is 6.70. The summed E-state index contributed by atoms with van der Waals surface area (Å²) in [4.78, 5) is 28.3. The molecule has 1 amide bonds. The van der Waals surface area contributed by atoms with E-state index in [4.69, 9.17) is 0 Å². The van der Waals surface area contributed by atoms with Crippen molar-refractivity contribution in [2.75, 3.05) is 13.1 Å². The van der Waals surface area contributed by atoms with Crippen LogP contribution in [0.25, 0.3) is 0 Å². The number of rotatable bonds is 2. The van der Waals surface area contributed by atoms with E-state index in [2.05, 4.69) is 4.98 Å². The summed E-state index contributed by atoms with van der Waals surface area (Å²) in [6.45, 7) is 1.57. The molecule has 0 bridgehead atoms. The van der Waals surface area contributed by atoms with Crippen molar-refractivity contribution in [2.45, 2.75) is 25.9 Å². The van der Waals surface area contributed by atoms with Crippen molar-refractivity contribution in [2.24, 2.45) is 5.41 Å². The van der Waals surface area contributed by atoms with Crippen LogP contribution < -0.4 is 0 Å². The molecule has 8 heteroatoms. The van der Waals surface area contributed by atoms with Crippen LogP contribution in [0.1, 0.15) is 35.8 Å². The number of pyridine rings is 1. The zero-order valence-electron chi connectivity index (χ0n) is 11.9. The maximum absolute atomic E-state index is 13.0. The Kier molecular flexibility index (Phi) is 4.12. The van der Waals surface area contributed by atoms with Gasteiger partial charge in [0, 0.05) is 19.3 Å². The van der Waals surface area contributed by atoms with Gasteiger partial charge in [-0.25, -0.2) is 0 Å². The van der Waals surface area contributed by atoms with E-state index in [1.807, 2.05) is 0 Å². The number of carbonyl (C=O) groups is 2. The van der Waals surface area contributed by atoms with Crippen LogP contribution in [0.5, 0.6) is 0 Å². The monoisotopic (exact) mass is 316 g/mol. The second kappa shape index (κ2) is 5.58. The Balaban J connectivity index is 2.31. The molecule has 120 valence electrons. The summed E-state index contributed by atoms with van der Waals surface area (Å²) in [7, 11) is 0. The predicted octanol–water partition coefficient (Wildman–Crippen LogP) is 2.43. The molecule has 0 aliphatic carbocycles. The number of piperidine rings is 1. The van der Waals surface area contributed by atoms with Gasteiger partial charge in [0.15, 0.2) is 0 Å². The zero-order valence-corrected chi connectivity index (χ0v) is 11.9. The molecule has 1 fully saturated rings. The lowest BCUT2D eigenvalue weighted by molar-refractivity contribution is -0.150. The van der Waals surface area contributed by atoms with Crippen LogP contribution in [0.4, 0.5) is 13.2 Å². The largest absolute Gasteiger partial charge is 0.481 e. The smallest absolute Gasteiger partial charge is 0.418 e. The number of carbonyl (C=O) groups excluding carboxylic acids is 1. The van der Waals surface area contributed by atoms with Crippen molar-refractivity contribution < 1.29 is 27.9 Å². The summed E-state index contributed by atoms with van der Waals surface area (Å²) >= 11 is 0. The maximum atomic E-state index is 13.0. The molecule has 2 rings (SSSR count). The van der Waals surface area contributed by atoms with Crippen LogP contribution >= 0.6 is 0 Å². The molecule has 1 unspecified atom stereocenters. The fourth-order valence-electron chi connectivity index (χ4n) is 2.54. The molecule has 1 N–H and O–H groups in total. The number of halogens is 3. The molecule has 1 aliphatic rings. The highest BCUT2D eigenvalue weighted by Gasteiger charge is 2.42. The number of hydrogen-bond donors (Lipinski definition) is 1. The Labute approximate surface area is 124 Å². The SMILES string of the molecule is CC1(C(=O)O)CCCN(C(=O)c2ncccc2C(F)(F)F)C1. The molecule has 0 spiro atoms. The molecule has 2 heterocycles. The summed E-state index contributed by atoms with van der Waals surface area (Å²) in [5.41, 5.74) is -2.95. The molecule has 0 saturated carbocycles. The lowest BCUT2D eigenvalue weighted by Crippen LogP contribution is -2.48. The van der Waals surface area contributed by atoms with Crippen molar-refractivity contribution in [3.8, 4) is 0 Å². The fourth-order valence-corrected chi connectivity index (χ4v) is 2.54. The Morgan fingerprint density at radius 3 is 2.68 bits per heavy atom. The van der Waals surface area contributed by atoms with Gasteiger partial charge in [-0.3, -0.25) is 14.6 Å². The van der Waals surface area contributed by atoms with Gasteiger partial charge >= 0.3 is 12.1 Å². The number of amides is 1. The highest BCUT2D eigenvalue weighted by atomic mass is 19.4. The molecule has 0 radical (unpaired) electrons. The van der Waals surface area contributed by atoms with E-state index in [0.717, 1.165) is 23.2 Å². The average molecular weight is 316 g/mol. The van der Waals surface area contributed by atoms with Gasteiger partial charge < -0.3 is 10.0 Å². The van der Waals surface area contributed by atoms with Crippen LogP contribution in [0.2, 0.25) is 0 Å². The van der Waals surface area contributed by atoms with Crippen LogP contribution in [-0.4, -0.2) is 40.0 Å². The zero-order chi connectivity index (χ0) is 16.5. The minimum Gasteiger partial charge on any atom is -0.481 e. The van der Waals surface area contributed by atoms with E-state index in [9.17, 15) is 27.9 Å². The van der Waals surface area contributed by atoms with E-state index >= 15 is 0 Å².